The lowest BCUT2D eigenvalue weighted by Crippen LogP contribution is -2.11. The molecule has 0 aromatic heterocycles. The highest BCUT2D eigenvalue weighted by molar-refractivity contribution is 6.17. The van der Waals surface area contributed by atoms with Crippen LogP contribution in [0.3, 0.4) is 0 Å². The number of hydrogen-bond acceptors (Lipinski definition) is 1. The Bertz CT molecular complexity index is 366. The van der Waals surface area contributed by atoms with E-state index in [0.29, 0.717) is 0 Å². The number of alkyl halides is 1. The zero-order valence-corrected chi connectivity index (χ0v) is 12.8. The Hall–Kier alpha value is -0.690. The molecule has 1 aromatic rings. The fourth-order valence-corrected chi connectivity index (χ4v) is 2.02. The quantitative estimate of drug-likeness (QED) is 0.516. The van der Waals surface area contributed by atoms with Crippen LogP contribution in [0.25, 0.3) is 0 Å². The van der Waals surface area contributed by atoms with Crippen molar-refractivity contribution in [3.63, 3.8) is 0 Å². The maximum atomic E-state index is 5.81. The third-order valence-electron chi connectivity index (χ3n) is 3.08. The summed E-state index contributed by atoms with van der Waals surface area (Å²) in [6.07, 6.45) is 3.29. The summed E-state index contributed by atoms with van der Waals surface area (Å²) in [6, 6.07) is 6.49. The van der Waals surface area contributed by atoms with Gasteiger partial charge in [-0.1, -0.05) is 32.9 Å². The van der Waals surface area contributed by atoms with E-state index in [1.165, 1.54) is 11.1 Å². The van der Waals surface area contributed by atoms with E-state index in [4.69, 9.17) is 16.3 Å². The van der Waals surface area contributed by atoms with E-state index in [-0.39, 0.29) is 5.41 Å². The van der Waals surface area contributed by atoms with Gasteiger partial charge in [-0.3, -0.25) is 0 Å². The van der Waals surface area contributed by atoms with Crippen LogP contribution in [0.5, 0.6) is 5.75 Å². The van der Waals surface area contributed by atoms with E-state index in [0.717, 1.165) is 37.5 Å². The number of aryl methyl sites for hydroxylation is 1. The number of unbranched alkanes of at least 4 members (excludes halogenated alkanes) is 2. The molecule has 0 heterocycles. The lowest BCUT2D eigenvalue weighted by molar-refractivity contribution is 0.304. The SMILES string of the molecule is Cc1cc(C(C)(C)C)ccc1OCCCCCCl. The number of benzene rings is 1. The van der Waals surface area contributed by atoms with Crippen molar-refractivity contribution in [3.05, 3.63) is 29.3 Å². The summed E-state index contributed by atoms with van der Waals surface area (Å²) >= 11 is 5.64. The van der Waals surface area contributed by atoms with Crippen LogP contribution in [0.4, 0.5) is 0 Å². The largest absolute Gasteiger partial charge is 0.493 e. The second-order valence-electron chi connectivity index (χ2n) is 5.83. The molecule has 1 aromatic carbocycles. The molecule has 0 amide bonds. The Labute approximate surface area is 116 Å². The van der Waals surface area contributed by atoms with Gasteiger partial charge in [0.2, 0.25) is 0 Å². The second-order valence-corrected chi connectivity index (χ2v) is 6.21. The number of ether oxygens (including phenoxy) is 1. The Morgan fingerprint density at radius 3 is 2.39 bits per heavy atom. The van der Waals surface area contributed by atoms with E-state index in [9.17, 15) is 0 Å². The van der Waals surface area contributed by atoms with Gasteiger partial charge in [0, 0.05) is 5.88 Å². The molecule has 0 spiro atoms. The van der Waals surface area contributed by atoms with E-state index in [2.05, 4.69) is 45.9 Å². The molecule has 0 atom stereocenters. The van der Waals surface area contributed by atoms with Gasteiger partial charge in [0.05, 0.1) is 6.61 Å². The second kappa shape index (κ2) is 7.04. The zero-order valence-electron chi connectivity index (χ0n) is 12.1. The summed E-state index contributed by atoms with van der Waals surface area (Å²) in [5.41, 5.74) is 2.78. The minimum absolute atomic E-state index is 0.198. The first kappa shape index (κ1) is 15.4. The third kappa shape index (κ3) is 4.89. The van der Waals surface area contributed by atoms with Gasteiger partial charge in [-0.25, -0.2) is 0 Å². The molecule has 102 valence electrons. The lowest BCUT2D eigenvalue weighted by atomic mass is 9.86. The Kier molecular flexibility index (Phi) is 6.01. The molecule has 0 fully saturated rings. The van der Waals surface area contributed by atoms with Gasteiger partial charge in [0.15, 0.2) is 0 Å². The Morgan fingerprint density at radius 2 is 1.83 bits per heavy atom. The van der Waals surface area contributed by atoms with Crippen LogP contribution in [0.15, 0.2) is 18.2 Å². The normalized spacial score (nSPS) is 11.6. The van der Waals surface area contributed by atoms with Crippen molar-refractivity contribution in [3.8, 4) is 5.75 Å². The van der Waals surface area contributed by atoms with Gasteiger partial charge in [-0.2, -0.15) is 0 Å². The molecule has 0 N–H and O–H groups in total. The van der Waals surface area contributed by atoms with Crippen LogP contribution in [0, 0.1) is 6.92 Å². The first-order chi connectivity index (χ1) is 8.45. The summed E-state index contributed by atoms with van der Waals surface area (Å²) in [6.45, 7) is 9.59. The van der Waals surface area contributed by atoms with E-state index >= 15 is 0 Å². The molecule has 0 bridgehead atoms. The summed E-state index contributed by atoms with van der Waals surface area (Å²) in [5.74, 6) is 1.76. The van der Waals surface area contributed by atoms with Gasteiger partial charge in [-0.05, 0) is 48.8 Å². The molecule has 2 heteroatoms. The van der Waals surface area contributed by atoms with Gasteiger partial charge >= 0.3 is 0 Å². The maximum absolute atomic E-state index is 5.81. The van der Waals surface area contributed by atoms with E-state index < -0.39 is 0 Å². The summed E-state index contributed by atoms with van der Waals surface area (Å²) in [7, 11) is 0. The first-order valence-electron chi connectivity index (χ1n) is 6.75. The highest BCUT2D eigenvalue weighted by Crippen LogP contribution is 2.27. The minimum Gasteiger partial charge on any atom is -0.493 e. The van der Waals surface area contributed by atoms with Crippen molar-refractivity contribution < 1.29 is 4.74 Å². The first-order valence-corrected chi connectivity index (χ1v) is 7.28. The Morgan fingerprint density at radius 1 is 1.11 bits per heavy atom. The van der Waals surface area contributed by atoms with Crippen molar-refractivity contribution in [1.29, 1.82) is 0 Å². The average Bonchev–Trinajstić information content (AvgIpc) is 2.29. The van der Waals surface area contributed by atoms with E-state index in [1.807, 2.05) is 0 Å². The van der Waals surface area contributed by atoms with Crippen molar-refractivity contribution >= 4 is 11.6 Å². The van der Waals surface area contributed by atoms with Crippen LogP contribution in [-0.2, 0) is 5.41 Å². The van der Waals surface area contributed by atoms with Crippen molar-refractivity contribution in [1.82, 2.24) is 0 Å². The molecular weight excluding hydrogens is 244 g/mol. The van der Waals surface area contributed by atoms with Gasteiger partial charge < -0.3 is 4.74 Å². The molecule has 18 heavy (non-hydrogen) atoms. The number of hydrogen-bond donors (Lipinski definition) is 0. The molecule has 0 radical (unpaired) electrons. The standard InChI is InChI=1S/C16H25ClO/c1-13-12-14(16(2,3)4)8-9-15(13)18-11-7-5-6-10-17/h8-9,12H,5-7,10-11H2,1-4H3. The monoisotopic (exact) mass is 268 g/mol. The predicted molar refractivity (Wildman–Crippen MR) is 79.9 cm³/mol. The van der Waals surface area contributed by atoms with Crippen molar-refractivity contribution in [2.24, 2.45) is 0 Å². The lowest BCUT2D eigenvalue weighted by Gasteiger charge is -2.20. The highest BCUT2D eigenvalue weighted by Gasteiger charge is 2.14. The fraction of sp³-hybridized carbons (Fsp3) is 0.625. The number of halogens is 1. The minimum atomic E-state index is 0.198. The van der Waals surface area contributed by atoms with Crippen LogP contribution in [-0.4, -0.2) is 12.5 Å². The molecule has 0 saturated carbocycles. The molecular formula is C16H25ClO. The Balaban J connectivity index is 2.53. The molecule has 1 nitrogen and oxygen atoms in total. The predicted octanol–water partition coefficient (Wildman–Crippen LogP) is 5.08. The molecule has 0 saturated heterocycles. The zero-order chi connectivity index (χ0) is 13.6. The van der Waals surface area contributed by atoms with Crippen LogP contribution >= 0.6 is 11.6 Å². The average molecular weight is 269 g/mol. The maximum Gasteiger partial charge on any atom is 0.122 e. The van der Waals surface area contributed by atoms with E-state index in [1.54, 1.807) is 0 Å². The third-order valence-corrected chi connectivity index (χ3v) is 3.34. The molecule has 0 aliphatic rings. The molecule has 0 unspecified atom stereocenters. The van der Waals surface area contributed by atoms with Gasteiger partial charge in [0.1, 0.15) is 5.75 Å². The smallest absolute Gasteiger partial charge is 0.122 e. The summed E-state index contributed by atoms with van der Waals surface area (Å²) in [4.78, 5) is 0. The molecule has 1 rings (SSSR count). The molecule has 0 aliphatic carbocycles. The van der Waals surface area contributed by atoms with Gasteiger partial charge in [-0.15, -0.1) is 11.6 Å². The fourth-order valence-electron chi connectivity index (χ4n) is 1.83. The molecule has 0 aliphatic heterocycles. The van der Waals surface area contributed by atoms with Crippen molar-refractivity contribution in [2.75, 3.05) is 12.5 Å². The topological polar surface area (TPSA) is 9.23 Å². The van der Waals surface area contributed by atoms with Gasteiger partial charge in [0.25, 0.3) is 0 Å². The summed E-state index contributed by atoms with van der Waals surface area (Å²) < 4.78 is 5.81. The van der Waals surface area contributed by atoms with Crippen molar-refractivity contribution in [2.45, 2.75) is 52.4 Å². The number of rotatable bonds is 6. The highest BCUT2D eigenvalue weighted by atomic mass is 35.5. The van der Waals surface area contributed by atoms with Crippen LogP contribution in [0.2, 0.25) is 0 Å². The summed E-state index contributed by atoms with van der Waals surface area (Å²) in [5, 5.41) is 0. The van der Waals surface area contributed by atoms with Crippen LogP contribution in [0.1, 0.15) is 51.2 Å². The van der Waals surface area contributed by atoms with Crippen LogP contribution < -0.4 is 4.74 Å².